The summed E-state index contributed by atoms with van der Waals surface area (Å²) in [5, 5.41) is 24.3. The Morgan fingerprint density at radius 1 is 1.06 bits per heavy atom. The lowest BCUT2D eigenvalue weighted by Gasteiger charge is -2.51. The Morgan fingerprint density at radius 2 is 1.66 bits per heavy atom. The van der Waals surface area contributed by atoms with Gasteiger partial charge < -0.3 is 20.4 Å². The standard InChI is InChI=1S/C27H33ClN2O5/c1-16(2)22(29-23(31)18-12-17(3)13-19(14-18)25(33)34)24(32)30-11-10-27(35,26(4,5)15-30)20-6-8-21(28)9-7-20/h6-9,12-14,16,22,35H,10-11,15H2,1-5H3,(H,29,31)(H,33,34). The van der Waals surface area contributed by atoms with Crippen LogP contribution >= 0.6 is 11.6 Å². The van der Waals surface area contributed by atoms with Crippen LogP contribution in [0.2, 0.25) is 5.02 Å². The Hall–Kier alpha value is -2.90. The molecular weight excluding hydrogens is 468 g/mol. The van der Waals surface area contributed by atoms with Gasteiger partial charge in [-0.2, -0.15) is 0 Å². The number of rotatable bonds is 6. The van der Waals surface area contributed by atoms with Crippen molar-refractivity contribution >= 4 is 29.4 Å². The van der Waals surface area contributed by atoms with Gasteiger partial charge in [-0.1, -0.05) is 51.4 Å². The zero-order valence-electron chi connectivity index (χ0n) is 20.8. The molecule has 7 nitrogen and oxygen atoms in total. The number of aliphatic hydroxyl groups is 1. The van der Waals surface area contributed by atoms with Crippen molar-refractivity contribution in [2.75, 3.05) is 13.1 Å². The Morgan fingerprint density at radius 3 is 2.20 bits per heavy atom. The number of hydrogen-bond donors (Lipinski definition) is 3. The van der Waals surface area contributed by atoms with E-state index in [4.69, 9.17) is 11.6 Å². The van der Waals surface area contributed by atoms with Crippen LogP contribution in [0.1, 0.15) is 66.0 Å². The summed E-state index contributed by atoms with van der Waals surface area (Å²) in [6.07, 6.45) is 0.339. The third-order valence-corrected chi connectivity index (χ3v) is 7.14. The summed E-state index contributed by atoms with van der Waals surface area (Å²) >= 11 is 6.02. The van der Waals surface area contributed by atoms with Gasteiger partial charge in [0.15, 0.2) is 0 Å². The predicted molar refractivity (Wildman–Crippen MR) is 135 cm³/mol. The lowest BCUT2D eigenvalue weighted by Crippen LogP contribution is -2.60. The number of amides is 2. The molecule has 2 amide bonds. The molecule has 0 spiro atoms. The number of carboxylic acid groups (broad SMARTS) is 1. The molecule has 1 aliphatic rings. The van der Waals surface area contributed by atoms with E-state index in [2.05, 4.69) is 5.32 Å². The molecule has 1 fully saturated rings. The number of aryl methyl sites for hydroxylation is 1. The highest BCUT2D eigenvalue weighted by atomic mass is 35.5. The molecule has 0 bridgehead atoms. The summed E-state index contributed by atoms with van der Waals surface area (Å²) in [6, 6.07) is 10.7. The fourth-order valence-electron chi connectivity index (χ4n) is 4.74. The Bertz CT molecular complexity index is 1130. The maximum atomic E-state index is 13.5. The summed E-state index contributed by atoms with van der Waals surface area (Å²) in [7, 11) is 0. The van der Waals surface area contributed by atoms with Gasteiger partial charge in [-0.15, -0.1) is 0 Å². The quantitative estimate of drug-likeness (QED) is 0.549. The minimum Gasteiger partial charge on any atom is -0.478 e. The largest absolute Gasteiger partial charge is 0.478 e. The fraction of sp³-hybridized carbons (Fsp3) is 0.444. The molecular formula is C27H33ClN2O5. The van der Waals surface area contributed by atoms with Gasteiger partial charge in [0.2, 0.25) is 5.91 Å². The molecule has 2 aromatic rings. The van der Waals surface area contributed by atoms with Gasteiger partial charge in [0, 0.05) is 29.1 Å². The molecule has 0 aliphatic carbocycles. The van der Waals surface area contributed by atoms with E-state index in [1.165, 1.54) is 12.1 Å². The first-order valence-corrected chi connectivity index (χ1v) is 12.1. The molecule has 8 heteroatoms. The van der Waals surface area contributed by atoms with Gasteiger partial charge in [0.05, 0.1) is 11.2 Å². The van der Waals surface area contributed by atoms with E-state index in [-0.39, 0.29) is 23.0 Å². The first-order chi connectivity index (χ1) is 16.2. The number of carbonyl (C=O) groups is 3. The number of likely N-dealkylation sites (tertiary alicyclic amines) is 1. The molecule has 0 saturated carbocycles. The van der Waals surface area contributed by atoms with Crippen LogP contribution in [0.4, 0.5) is 0 Å². The Labute approximate surface area is 211 Å². The SMILES string of the molecule is Cc1cc(C(=O)O)cc(C(=O)NC(C(=O)N2CCC(O)(c3ccc(Cl)cc3)C(C)(C)C2)C(C)C)c1. The van der Waals surface area contributed by atoms with Crippen molar-refractivity contribution in [3.63, 3.8) is 0 Å². The summed E-state index contributed by atoms with van der Waals surface area (Å²) in [6.45, 7) is 9.88. The van der Waals surface area contributed by atoms with Crippen molar-refractivity contribution in [2.45, 2.75) is 52.7 Å². The monoisotopic (exact) mass is 500 g/mol. The maximum absolute atomic E-state index is 13.5. The number of nitrogens with zero attached hydrogens (tertiary/aromatic N) is 1. The van der Waals surface area contributed by atoms with Crippen LogP contribution in [-0.4, -0.2) is 52.0 Å². The molecule has 2 unspecified atom stereocenters. The minimum absolute atomic E-state index is 0.0156. The van der Waals surface area contributed by atoms with E-state index in [9.17, 15) is 24.6 Å². The number of benzene rings is 2. The summed E-state index contributed by atoms with van der Waals surface area (Å²) in [5.74, 6) is -2.05. The van der Waals surface area contributed by atoms with Gasteiger partial charge >= 0.3 is 5.97 Å². The van der Waals surface area contributed by atoms with Crippen molar-refractivity contribution in [2.24, 2.45) is 11.3 Å². The second-order valence-electron chi connectivity index (χ2n) is 10.3. The summed E-state index contributed by atoms with van der Waals surface area (Å²) in [4.78, 5) is 39.6. The number of nitrogens with one attached hydrogen (secondary N) is 1. The predicted octanol–water partition coefficient (Wildman–Crippen LogP) is 4.25. The van der Waals surface area contributed by atoms with E-state index in [0.717, 1.165) is 5.56 Å². The van der Waals surface area contributed by atoms with Gasteiger partial charge in [-0.3, -0.25) is 9.59 Å². The zero-order chi connectivity index (χ0) is 26.1. The summed E-state index contributed by atoms with van der Waals surface area (Å²) in [5.41, 5.74) is -0.200. The van der Waals surface area contributed by atoms with Gasteiger partial charge in [0.25, 0.3) is 5.91 Å². The maximum Gasteiger partial charge on any atom is 0.335 e. The van der Waals surface area contributed by atoms with Crippen molar-refractivity contribution in [3.05, 3.63) is 69.7 Å². The van der Waals surface area contributed by atoms with Crippen LogP contribution in [0.5, 0.6) is 0 Å². The number of halogens is 1. The zero-order valence-corrected chi connectivity index (χ0v) is 21.5. The number of carboxylic acids is 1. The molecule has 0 radical (unpaired) electrons. The van der Waals surface area contributed by atoms with Crippen LogP contribution in [0, 0.1) is 18.3 Å². The highest BCUT2D eigenvalue weighted by Gasteiger charge is 2.50. The van der Waals surface area contributed by atoms with Crippen molar-refractivity contribution in [1.82, 2.24) is 10.2 Å². The Kier molecular flexibility index (Phi) is 7.62. The van der Waals surface area contributed by atoms with Crippen molar-refractivity contribution in [1.29, 1.82) is 0 Å². The smallest absolute Gasteiger partial charge is 0.335 e. The molecule has 2 aromatic carbocycles. The number of aromatic carboxylic acids is 1. The normalized spacial score (nSPS) is 20.4. The molecule has 3 N–H and O–H groups in total. The third kappa shape index (κ3) is 5.52. The van der Waals surface area contributed by atoms with Crippen LogP contribution in [0.25, 0.3) is 0 Å². The number of hydrogen-bond acceptors (Lipinski definition) is 4. The topological polar surface area (TPSA) is 107 Å². The van der Waals surface area contributed by atoms with E-state index < -0.39 is 28.9 Å². The third-order valence-electron chi connectivity index (χ3n) is 6.89. The second kappa shape index (κ2) is 9.99. The van der Waals surface area contributed by atoms with Crippen LogP contribution in [-0.2, 0) is 10.4 Å². The average Bonchev–Trinajstić information content (AvgIpc) is 2.78. The first kappa shape index (κ1) is 26.7. The lowest BCUT2D eigenvalue weighted by molar-refractivity contribution is -0.155. The van der Waals surface area contributed by atoms with Crippen LogP contribution in [0.3, 0.4) is 0 Å². The van der Waals surface area contributed by atoms with E-state index in [0.29, 0.717) is 30.1 Å². The highest BCUT2D eigenvalue weighted by Crippen LogP contribution is 2.46. The van der Waals surface area contributed by atoms with E-state index in [1.807, 2.05) is 39.8 Å². The summed E-state index contributed by atoms with van der Waals surface area (Å²) < 4.78 is 0. The van der Waals surface area contributed by atoms with E-state index in [1.54, 1.807) is 30.0 Å². The molecule has 1 saturated heterocycles. The van der Waals surface area contributed by atoms with E-state index >= 15 is 0 Å². The van der Waals surface area contributed by atoms with Crippen molar-refractivity contribution < 1.29 is 24.6 Å². The number of carbonyl (C=O) groups excluding carboxylic acids is 2. The van der Waals surface area contributed by atoms with Crippen LogP contribution < -0.4 is 5.32 Å². The Balaban J connectivity index is 1.80. The molecule has 1 aliphatic heterocycles. The average molecular weight is 501 g/mol. The molecule has 0 aromatic heterocycles. The molecule has 1 heterocycles. The molecule has 188 valence electrons. The minimum atomic E-state index is -1.14. The van der Waals surface area contributed by atoms with Gasteiger partial charge in [-0.25, -0.2) is 4.79 Å². The van der Waals surface area contributed by atoms with Gasteiger partial charge in [-0.05, 0) is 60.7 Å². The number of piperidine rings is 1. The highest BCUT2D eigenvalue weighted by molar-refractivity contribution is 6.30. The van der Waals surface area contributed by atoms with Crippen LogP contribution in [0.15, 0.2) is 42.5 Å². The molecule has 3 rings (SSSR count). The van der Waals surface area contributed by atoms with Gasteiger partial charge in [0.1, 0.15) is 6.04 Å². The molecule has 35 heavy (non-hydrogen) atoms. The lowest BCUT2D eigenvalue weighted by atomic mass is 9.66. The fourth-order valence-corrected chi connectivity index (χ4v) is 4.87. The first-order valence-electron chi connectivity index (χ1n) is 11.7. The molecule has 2 atom stereocenters. The van der Waals surface area contributed by atoms with Crippen molar-refractivity contribution in [3.8, 4) is 0 Å². The second-order valence-corrected chi connectivity index (χ2v) is 10.8.